The molecule has 0 aliphatic heterocycles. The second-order valence-corrected chi connectivity index (χ2v) is 8.86. The summed E-state index contributed by atoms with van der Waals surface area (Å²) < 4.78 is 104. The first-order valence-electron chi connectivity index (χ1n) is 17.3. The van der Waals surface area contributed by atoms with Crippen LogP contribution in [0.25, 0.3) is 76.5 Å². The molecule has 0 aliphatic carbocycles. The van der Waals surface area contributed by atoms with Crippen molar-refractivity contribution >= 4 is 54.3 Å². The molecule has 8 rings (SSSR count). The van der Waals surface area contributed by atoms with Gasteiger partial charge in [0.15, 0.2) is 0 Å². The summed E-state index contributed by atoms with van der Waals surface area (Å²) in [6, 6.07) is 14.5. The number of benzene rings is 7. The van der Waals surface area contributed by atoms with E-state index in [1.165, 1.54) is 0 Å². The van der Waals surface area contributed by atoms with E-state index in [4.69, 9.17) is 12.6 Å². The van der Waals surface area contributed by atoms with Crippen LogP contribution in [0.1, 0.15) is 15.1 Å². The molecule has 0 aliphatic rings. The van der Waals surface area contributed by atoms with Crippen LogP contribution in [0.5, 0.6) is 0 Å². The highest BCUT2D eigenvalue weighted by molar-refractivity contribution is 6.25. The Labute approximate surface area is 229 Å². The van der Waals surface area contributed by atoms with Crippen molar-refractivity contribution in [3.8, 4) is 22.3 Å². The van der Waals surface area contributed by atoms with Gasteiger partial charge in [-0.05, 0) is 72.7 Å². The summed E-state index contributed by atoms with van der Waals surface area (Å²) >= 11 is 0. The van der Waals surface area contributed by atoms with E-state index in [2.05, 4.69) is 0 Å². The lowest BCUT2D eigenvalue weighted by Crippen LogP contribution is -1.91. The summed E-state index contributed by atoms with van der Waals surface area (Å²) in [5.74, 6) is 0. The summed E-state index contributed by atoms with van der Waals surface area (Å²) in [5, 5.41) is 2.30. The zero-order chi connectivity index (χ0) is 33.9. The lowest BCUT2D eigenvalue weighted by atomic mass is 9.84. The van der Waals surface area contributed by atoms with Gasteiger partial charge in [0.05, 0.1) is 15.1 Å². The minimum absolute atomic E-state index is 0.00522. The van der Waals surface area contributed by atoms with Crippen LogP contribution in [0.2, 0.25) is 0 Å². The Balaban J connectivity index is 1.76. The maximum atomic E-state index is 9.25. The number of para-hydroxylation sites is 1. The van der Waals surface area contributed by atoms with Gasteiger partial charge in [0, 0.05) is 10.8 Å². The third-order valence-corrected chi connectivity index (χ3v) is 6.87. The Morgan fingerprint density at radius 3 is 1.89 bits per heavy atom. The highest BCUT2D eigenvalue weighted by Crippen LogP contribution is 2.46. The molecule has 7 aromatic carbocycles. The van der Waals surface area contributed by atoms with Gasteiger partial charge >= 0.3 is 0 Å². The van der Waals surface area contributed by atoms with Crippen LogP contribution < -0.4 is 0 Å². The molecule has 0 saturated heterocycles. The second kappa shape index (κ2) is 7.81. The summed E-state index contributed by atoms with van der Waals surface area (Å²) in [6.07, 6.45) is 0. The predicted molar refractivity (Wildman–Crippen MR) is 157 cm³/mol. The third kappa shape index (κ3) is 2.98. The minimum Gasteiger partial charge on any atom is -0.456 e. The van der Waals surface area contributed by atoms with E-state index < -0.39 is 60.4 Å². The maximum absolute atomic E-state index is 9.25. The number of furan rings is 1. The predicted octanol–water partition coefficient (Wildman–Crippen LogP) is 10.4. The number of fused-ring (bicyclic) bond motifs is 6. The molecule has 0 unspecified atom stereocenters. The average molecular weight is 482 g/mol. The van der Waals surface area contributed by atoms with E-state index in [9.17, 15) is 6.85 Å². The van der Waals surface area contributed by atoms with Crippen molar-refractivity contribution in [3.63, 3.8) is 0 Å². The molecule has 0 N–H and O–H groups in total. The van der Waals surface area contributed by atoms with E-state index in [1.807, 2.05) is 36.4 Å². The van der Waals surface area contributed by atoms with Gasteiger partial charge in [0.2, 0.25) is 0 Å². The molecule has 0 saturated carbocycles. The molecule has 0 atom stereocenters. The molecule has 0 fully saturated rings. The molecular formula is C36H22O. The van der Waals surface area contributed by atoms with Gasteiger partial charge in [-0.1, -0.05) is 115 Å². The van der Waals surface area contributed by atoms with E-state index in [-0.39, 0.29) is 55.2 Å². The average Bonchev–Trinajstić information content (AvgIpc) is 3.49. The van der Waals surface area contributed by atoms with E-state index in [0.717, 1.165) is 10.8 Å². The fourth-order valence-electron chi connectivity index (χ4n) is 5.29. The van der Waals surface area contributed by atoms with Gasteiger partial charge in [-0.25, -0.2) is 0 Å². The Morgan fingerprint density at radius 2 is 1.14 bits per heavy atom. The van der Waals surface area contributed by atoms with Crippen LogP contribution in [0.4, 0.5) is 0 Å². The molecular weight excluding hydrogens is 448 g/mol. The van der Waals surface area contributed by atoms with Crippen molar-refractivity contribution in [2.45, 2.75) is 0 Å². The van der Waals surface area contributed by atoms with Gasteiger partial charge in [-0.2, -0.15) is 0 Å². The van der Waals surface area contributed by atoms with Crippen molar-refractivity contribution in [2.24, 2.45) is 0 Å². The first-order valence-corrected chi connectivity index (χ1v) is 11.8. The van der Waals surface area contributed by atoms with Gasteiger partial charge in [-0.3, -0.25) is 0 Å². The van der Waals surface area contributed by atoms with Crippen LogP contribution in [0, 0.1) is 0 Å². The van der Waals surface area contributed by atoms with Crippen molar-refractivity contribution in [2.75, 3.05) is 0 Å². The molecule has 0 spiro atoms. The molecule has 0 radical (unpaired) electrons. The first kappa shape index (κ1) is 12.4. The largest absolute Gasteiger partial charge is 0.456 e. The van der Waals surface area contributed by atoms with E-state index in [1.54, 1.807) is 30.3 Å². The highest BCUT2D eigenvalue weighted by atomic mass is 16.3. The summed E-state index contributed by atoms with van der Waals surface area (Å²) in [5.41, 5.74) is 0.922. The fraction of sp³-hybridized carbons (Fsp3) is 0. The first-order chi connectivity index (χ1) is 22.9. The van der Waals surface area contributed by atoms with E-state index in [0.29, 0.717) is 16.5 Å². The normalized spacial score (nSPS) is 15.9. The molecule has 172 valence electrons. The summed E-state index contributed by atoms with van der Waals surface area (Å²) in [6.45, 7) is 0. The quantitative estimate of drug-likeness (QED) is 0.224. The molecule has 1 nitrogen and oxygen atoms in total. The minimum atomic E-state index is -0.568. The SMILES string of the molecule is [2H]c1c([2H])c(-c2c3c([2H])c([2H])c([2H])c([2H])c3c(-c3ccc4ccccc4c3)c3c([2H])c([2H])c([2H])c([2H])c23)c2c(oc3ccccc32)c1[2H]. The number of hydrogen-bond acceptors (Lipinski definition) is 1. The van der Waals surface area contributed by atoms with Crippen LogP contribution >= 0.6 is 0 Å². The molecule has 1 heteroatoms. The molecule has 0 amide bonds. The number of rotatable bonds is 2. The van der Waals surface area contributed by atoms with Crippen LogP contribution in [0.3, 0.4) is 0 Å². The molecule has 1 aromatic heterocycles. The van der Waals surface area contributed by atoms with Gasteiger partial charge in [0.25, 0.3) is 0 Å². The lowest BCUT2D eigenvalue weighted by molar-refractivity contribution is 0.669. The lowest BCUT2D eigenvalue weighted by Gasteiger charge is -2.18. The zero-order valence-corrected chi connectivity index (χ0v) is 19.3. The Hall–Kier alpha value is -4.88. The standard InChI is InChI=1S/C36H22O/c1-2-11-24-22-25(21-20-23(24)10-1)34-26-12-3-5-14-28(26)35(29-15-6-4-13-27(29)34)31-17-9-19-33-36(31)30-16-7-8-18-32(30)37-33/h1-22H/i3D,4D,5D,6D,9D,12D,13D,14D,15D,17D,19D. The topological polar surface area (TPSA) is 13.1 Å². The smallest absolute Gasteiger partial charge is 0.136 e. The summed E-state index contributed by atoms with van der Waals surface area (Å²) in [7, 11) is 0. The zero-order valence-electron chi connectivity index (χ0n) is 30.3. The third-order valence-electron chi connectivity index (χ3n) is 6.87. The molecule has 37 heavy (non-hydrogen) atoms. The molecule has 8 aromatic rings. The monoisotopic (exact) mass is 481 g/mol. The number of hydrogen-bond donors (Lipinski definition) is 0. The van der Waals surface area contributed by atoms with Crippen LogP contribution in [-0.4, -0.2) is 0 Å². The van der Waals surface area contributed by atoms with Crippen molar-refractivity contribution in [1.29, 1.82) is 0 Å². The van der Waals surface area contributed by atoms with Gasteiger partial charge in [0.1, 0.15) is 11.2 Å². The van der Waals surface area contributed by atoms with Crippen molar-refractivity contribution in [3.05, 3.63) is 133 Å². The van der Waals surface area contributed by atoms with Gasteiger partial charge in [-0.15, -0.1) is 0 Å². The molecule has 1 heterocycles. The van der Waals surface area contributed by atoms with Crippen LogP contribution in [0.15, 0.2) is 138 Å². The highest BCUT2D eigenvalue weighted by Gasteiger charge is 2.20. The van der Waals surface area contributed by atoms with Crippen LogP contribution in [-0.2, 0) is 0 Å². The van der Waals surface area contributed by atoms with E-state index >= 15 is 0 Å². The van der Waals surface area contributed by atoms with Crippen molar-refractivity contribution in [1.82, 2.24) is 0 Å². The Bertz CT molecular complexity index is 2670. The summed E-state index contributed by atoms with van der Waals surface area (Å²) in [4.78, 5) is 0. The Morgan fingerprint density at radius 1 is 0.486 bits per heavy atom. The fourth-order valence-corrected chi connectivity index (χ4v) is 5.29. The maximum Gasteiger partial charge on any atom is 0.136 e. The van der Waals surface area contributed by atoms with Gasteiger partial charge < -0.3 is 4.42 Å². The second-order valence-electron chi connectivity index (χ2n) is 8.86. The van der Waals surface area contributed by atoms with Crippen molar-refractivity contribution < 1.29 is 19.5 Å². The molecule has 0 bridgehead atoms. The Kier molecular flexibility index (Phi) is 2.61.